The highest BCUT2D eigenvalue weighted by Crippen LogP contribution is 2.47. The maximum absolute atomic E-state index is 5.98. The number of anilines is 1. The van der Waals surface area contributed by atoms with Crippen molar-refractivity contribution in [2.75, 3.05) is 5.32 Å². The molecular formula is C15H15BrClNO. The van der Waals surface area contributed by atoms with Gasteiger partial charge in [-0.25, -0.2) is 0 Å². The molecule has 2 atom stereocenters. The van der Waals surface area contributed by atoms with Crippen LogP contribution in [0.5, 0.6) is 0 Å². The van der Waals surface area contributed by atoms with Crippen LogP contribution in [-0.4, -0.2) is 0 Å². The van der Waals surface area contributed by atoms with Crippen molar-refractivity contribution >= 4 is 33.2 Å². The minimum Gasteiger partial charge on any atom is -0.464 e. The van der Waals surface area contributed by atoms with Crippen molar-refractivity contribution in [3.8, 4) is 0 Å². The van der Waals surface area contributed by atoms with Crippen LogP contribution in [-0.2, 0) is 6.54 Å². The third-order valence-corrected chi connectivity index (χ3v) is 4.47. The Hall–Kier alpha value is -0.930. The molecule has 2 nitrogen and oxygen atoms in total. The van der Waals surface area contributed by atoms with Crippen LogP contribution in [0.2, 0.25) is 5.02 Å². The number of rotatable bonds is 4. The highest BCUT2D eigenvalue weighted by atomic mass is 79.9. The number of halogens is 2. The van der Waals surface area contributed by atoms with E-state index in [-0.39, 0.29) is 0 Å². The van der Waals surface area contributed by atoms with E-state index in [0.717, 1.165) is 32.6 Å². The molecule has 1 saturated carbocycles. The van der Waals surface area contributed by atoms with Gasteiger partial charge in [-0.15, -0.1) is 0 Å². The van der Waals surface area contributed by atoms with Gasteiger partial charge in [0.2, 0.25) is 0 Å². The van der Waals surface area contributed by atoms with Crippen molar-refractivity contribution in [1.29, 1.82) is 0 Å². The molecule has 0 aliphatic heterocycles. The summed E-state index contributed by atoms with van der Waals surface area (Å²) in [6.07, 6.45) is 1.25. The summed E-state index contributed by atoms with van der Waals surface area (Å²) in [5, 5.41) is 4.05. The van der Waals surface area contributed by atoms with Gasteiger partial charge < -0.3 is 9.73 Å². The maximum atomic E-state index is 5.98. The lowest BCUT2D eigenvalue weighted by Gasteiger charge is -2.07. The van der Waals surface area contributed by atoms with E-state index in [1.54, 1.807) is 0 Å². The molecule has 0 spiro atoms. The largest absolute Gasteiger partial charge is 0.464 e. The summed E-state index contributed by atoms with van der Waals surface area (Å²) >= 11 is 9.48. The van der Waals surface area contributed by atoms with Crippen LogP contribution in [0.4, 0.5) is 5.69 Å². The first-order valence-electron chi connectivity index (χ1n) is 6.41. The molecule has 1 fully saturated rings. The second-order valence-electron chi connectivity index (χ2n) is 5.10. The highest BCUT2D eigenvalue weighted by molar-refractivity contribution is 9.10. The first kappa shape index (κ1) is 13.1. The van der Waals surface area contributed by atoms with Crippen LogP contribution in [0.1, 0.15) is 30.8 Å². The van der Waals surface area contributed by atoms with E-state index in [9.17, 15) is 0 Å². The molecule has 0 bridgehead atoms. The van der Waals surface area contributed by atoms with Gasteiger partial charge in [0.15, 0.2) is 0 Å². The van der Waals surface area contributed by atoms with Gasteiger partial charge in [0, 0.05) is 15.4 Å². The van der Waals surface area contributed by atoms with Crippen LogP contribution in [0.15, 0.2) is 39.2 Å². The van der Waals surface area contributed by atoms with E-state index in [4.69, 9.17) is 16.0 Å². The summed E-state index contributed by atoms with van der Waals surface area (Å²) in [7, 11) is 0. The summed E-state index contributed by atoms with van der Waals surface area (Å²) in [4.78, 5) is 0. The summed E-state index contributed by atoms with van der Waals surface area (Å²) in [6.45, 7) is 2.92. The molecule has 1 aliphatic carbocycles. The lowest BCUT2D eigenvalue weighted by molar-refractivity contribution is 0.468. The first-order valence-corrected chi connectivity index (χ1v) is 7.58. The predicted octanol–water partition coefficient (Wildman–Crippen LogP) is 5.43. The zero-order chi connectivity index (χ0) is 13.4. The minimum absolute atomic E-state index is 0.631. The lowest BCUT2D eigenvalue weighted by Crippen LogP contribution is -1.98. The van der Waals surface area contributed by atoms with Gasteiger partial charge in [0.1, 0.15) is 11.5 Å². The average molecular weight is 341 g/mol. The van der Waals surface area contributed by atoms with Crippen LogP contribution < -0.4 is 5.32 Å². The standard InChI is InChI=1S/C15H15BrClNO/c1-9-6-12(9)15-5-3-11(19-15)8-18-14-7-10(17)2-4-13(14)16/h2-5,7,9,12,18H,6,8H2,1H3. The molecule has 2 unspecified atom stereocenters. The Morgan fingerprint density at radius 2 is 2.16 bits per heavy atom. The van der Waals surface area contributed by atoms with Gasteiger partial charge in [0.25, 0.3) is 0 Å². The second-order valence-corrected chi connectivity index (χ2v) is 6.39. The third kappa shape index (κ3) is 2.98. The summed E-state index contributed by atoms with van der Waals surface area (Å²) in [5.74, 6) is 3.48. The van der Waals surface area contributed by atoms with Crippen molar-refractivity contribution in [3.05, 3.63) is 51.3 Å². The fourth-order valence-electron chi connectivity index (χ4n) is 2.22. The predicted molar refractivity (Wildman–Crippen MR) is 81.7 cm³/mol. The van der Waals surface area contributed by atoms with Gasteiger partial charge in [0.05, 0.1) is 12.2 Å². The molecule has 3 rings (SSSR count). The zero-order valence-corrected chi connectivity index (χ0v) is 13.0. The van der Waals surface area contributed by atoms with Crippen molar-refractivity contribution in [2.45, 2.75) is 25.8 Å². The summed E-state index contributed by atoms with van der Waals surface area (Å²) < 4.78 is 6.86. The Morgan fingerprint density at radius 1 is 1.37 bits per heavy atom. The van der Waals surface area contributed by atoms with Gasteiger partial charge >= 0.3 is 0 Å². The second kappa shape index (κ2) is 5.22. The molecule has 0 radical (unpaired) electrons. The minimum atomic E-state index is 0.631. The van der Waals surface area contributed by atoms with Crippen molar-refractivity contribution in [2.24, 2.45) is 5.92 Å². The SMILES string of the molecule is CC1CC1c1ccc(CNc2cc(Cl)ccc2Br)o1. The molecule has 1 aromatic carbocycles. The fraction of sp³-hybridized carbons (Fsp3) is 0.333. The van der Waals surface area contributed by atoms with E-state index in [2.05, 4.69) is 34.2 Å². The average Bonchev–Trinajstić information content (AvgIpc) is 2.93. The molecule has 1 aliphatic rings. The fourth-order valence-corrected chi connectivity index (χ4v) is 2.78. The Kier molecular flexibility index (Phi) is 3.59. The van der Waals surface area contributed by atoms with Crippen LogP contribution in [0.25, 0.3) is 0 Å². The lowest BCUT2D eigenvalue weighted by atomic mass is 10.3. The van der Waals surface area contributed by atoms with Crippen molar-refractivity contribution in [1.82, 2.24) is 0 Å². The Balaban J connectivity index is 1.65. The Morgan fingerprint density at radius 3 is 2.89 bits per heavy atom. The molecule has 1 N–H and O–H groups in total. The number of benzene rings is 1. The summed E-state index contributed by atoms with van der Waals surface area (Å²) in [6, 6.07) is 9.84. The smallest absolute Gasteiger partial charge is 0.123 e. The van der Waals surface area contributed by atoms with Gasteiger partial charge in [-0.1, -0.05) is 18.5 Å². The van der Waals surface area contributed by atoms with Crippen LogP contribution >= 0.6 is 27.5 Å². The third-order valence-electron chi connectivity index (χ3n) is 3.54. The number of furan rings is 1. The monoisotopic (exact) mass is 339 g/mol. The molecular weight excluding hydrogens is 326 g/mol. The van der Waals surface area contributed by atoms with E-state index in [1.807, 2.05) is 24.3 Å². The first-order chi connectivity index (χ1) is 9.13. The molecule has 0 saturated heterocycles. The Labute approximate surface area is 126 Å². The molecule has 0 amide bonds. The van der Waals surface area contributed by atoms with E-state index < -0.39 is 0 Å². The summed E-state index contributed by atoms with van der Waals surface area (Å²) in [5.41, 5.74) is 0.977. The molecule has 1 heterocycles. The molecule has 19 heavy (non-hydrogen) atoms. The molecule has 1 aromatic heterocycles. The number of hydrogen-bond donors (Lipinski definition) is 1. The topological polar surface area (TPSA) is 25.2 Å². The van der Waals surface area contributed by atoms with Crippen LogP contribution in [0.3, 0.4) is 0 Å². The van der Waals surface area contributed by atoms with Gasteiger partial charge in [-0.05, 0) is 58.6 Å². The number of nitrogens with one attached hydrogen (secondary N) is 1. The van der Waals surface area contributed by atoms with E-state index >= 15 is 0 Å². The van der Waals surface area contributed by atoms with Gasteiger partial charge in [-0.3, -0.25) is 0 Å². The van der Waals surface area contributed by atoms with E-state index in [1.165, 1.54) is 6.42 Å². The number of hydrogen-bond acceptors (Lipinski definition) is 2. The van der Waals surface area contributed by atoms with E-state index in [0.29, 0.717) is 12.5 Å². The van der Waals surface area contributed by atoms with Crippen molar-refractivity contribution < 1.29 is 4.42 Å². The zero-order valence-electron chi connectivity index (χ0n) is 10.6. The quantitative estimate of drug-likeness (QED) is 0.802. The molecule has 2 aromatic rings. The van der Waals surface area contributed by atoms with Crippen LogP contribution in [0, 0.1) is 5.92 Å². The normalized spacial score (nSPS) is 21.4. The Bertz CT molecular complexity index is 596. The van der Waals surface area contributed by atoms with Crippen molar-refractivity contribution in [3.63, 3.8) is 0 Å². The molecule has 100 valence electrons. The van der Waals surface area contributed by atoms with Gasteiger partial charge in [-0.2, -0.15) is 0 Å². The maximum Gasteiger partial charge on any atom is 0.123 e. The highest BCUT2D eigenvalue weighted by Gasteiger charge is 2.36. The molecule has 4 heteroatoms.